The fraction of sp³-hybridized carbons (Fsp3) is 0.429. The van der Waals surface area contributed by atoms with Gasteiger partial charge < -0.3 is 9.47 Å². The minimum absolute atomic E-state index is 0.0791. The molecular weight excluding hydrogens is 350 g/mol. The molecule has 1 saturated carbocycles. The number of hydrogen-bond donors (Lipinski definition) is 0. The fourth-order valence-electron chi connectivity index (χ4n) is 4.37. The molecule has 0 bridgehead atoms. The number of fused-ring (bicyclic) bond motifs is 2. The number of ketones is 1. The van der Waals surface area contributed by atoms with Gasteiger partial charge in [-0.05, 0) is 48.6 Å². The summed E-state index contributed by atoms with van der Waals surface area (Å²) in [5, 5.41) is 0.585. The van der Waals surface area contributed by atoms with Crippen LogP contribution in [-0.4, -0.2) is 31.1 Å². The Kier molecular flexibility index (Phi) is 4.49. The minimum Gasteiger partial charge on any atom is -0.497 e. The molecule has 2 aliphatic carbocycles. The van der Waals surface area contributed by atoms with Gasteiger partial charge in [0.1, 0.15) is 11.5 Å². The Morgan fingerprint density at radius 3 is 2.62 bits per heavy atom. The Morgan fingerprint density at radius 2 is 1.96 bits per heavy atom. The average molecular weight is 372 g/mol. The van der Waals surface area contributed by atoms with E-state index in [1.165, 1.54) is 5.56 Å². The van der Waals surface area contributed by atoms with Gasteiger partial charge in [0.05, 0.1) is 23.7 Å². The van der Waals surface area contributed by atoms with Gasteiger partial charge in [-0.25, -0.2) is 0 Å². The molecule has 1 atom stereocenters. The molecule has 4 rings (SSSR count). The van der Waals surface area contributed by atoms with Crippen molar-refractivity contribution in [2.24, 2.45) is 0 Å². The summed E-state index contributed by atoms with van der Waals surface area (Å²) in [4.78, 5) is 17.7. The summed E-state index contributed by atoms with van der Waals surface area (Å²) < 4.78 is 10.7. The molecule has 0 radical (unpaired) electrons. The first-order valence-corrected chi connectivity index (χ1v) is 9.28. The van der Waals surface area contributed by atoms with E-state index in [-0.39, 0.29) is 12.0 Å². The van der Waals surface area contributed by atoms with Crippen molar-refractivity contribution in [3.05, 3.63) is 58.4 Å². The second-order valence-corrected chi connectivity index (χ2v) is 7.75. The Morgan fingerprint density at radius 1 is 1.23 bits per heavy atom. The maximum atomic E-state index is 13.1. The number of aromatic nitrogens is 1. The van der Waals surface area contributed by atoms with E-state index in [4.69, 9.17) is 21.1 Å². The summed E-state index contributed by atoms with van der Waals surface area (Å²) in [6.45, 7) is 0. The highest BCUT2D eigenvalue weighted by Crippen LogP contribution is 2.53. The first-order valence-electron chi connectivity index (χ1n) is 8.90. The number of halogens is 1. The quantitative estimate of drug-likeness (QED) is 0.812. The highest BCUT2D eigenvalue weighted by atomic mass is 35.5. The van der Waals surface area contributed by atoms with Crippen molar-refractivity contribution < 1.29 is 14.3 Å². The third-order valence-corrected chi connectivity index (χ3v) is 6.09. The van der Waals surface area contributed by atoms with E-state index in [0.717, 1.165) is 36.3 Å². The van der Waals surface area contributed by atoms with Crippen LogP contribution in [0.3, 0.4) is 0 Å². The molecule has 1 aromatic heterocycles. The summed E-state index contributed by atoms with van der Waals surface area (Å²) in [6, 6.07) is 9.94. The number of nitrogens with zero attached hydrogens (tertiary/aromatic N) is 1. The summed E-state index contributed by atoms with van der Waals surface area (Å²) in [7, 11) is 3.36. The number of methoxy groups -OCH3 is 2. The van der Waals surface area contributed by atoms with Crippen molar-refractivity contribution in [1.82, 2.24) is 4.98 Å². The molecule has 5 heteroatoms. The third kappa shape index (κ3) is 2.81. The van der Waals surface area contributed by atoms with Gasteiger partial charge in [0.2, 0.25) is 0 Å². The van der Waals surface area contributed by atoms with Gasteiger partial charge in [-0.15, -0.1) is 0 Å². The van der Waals surface area contributed by atoms with Crippen LogP contribution in [0.5, 0.6) is 5.75 Å². The molecule has 0 amide bonds. The second-order valence-electron chi connectivity index (χ2n) is 7.31. The van der Waals surface area contributed by atoms with Crippen LogP contribution in [0.1, 0.15) is 42.0 Å². The molecule has 0 aliphatic heterocycles. The smallest absolute Gasteiger partial charge is 0.144 e. The van der Waals surface area contributed by atoms with Gasteiger partial charge in [-0.1, -0.05) is 23.7 Å². The van der Waals surface area contributed by atoms with E-state index in [2.05, 4.69) is 4.98 Å². The van der Waals surface area contributed by atoms with Crippen LogP contribution in [0.15, 0.2) is 36.5 Å². The van der Waals surface area contributed by atoms with Crippen molar-refractivity contribution >= 4 is 17.4 Å². The number of rotatable bonds is 4. The molecule has 1 heterocycles. The topological polar surface area (TPSA) is 48.4 Å². The number of hydrogen-bond acceptors (Lipinski definition) is 4. The number of ether oxygens (including phenoxy) is 2. The Bertz CT molecular complexity index is 828. The Labute approximate surface area is 158 Å². The molecule has 4 nitrogen and oxygen atoms in total. The summed E-state index contributed by atoms with van der Waals surface area (Å²) in [6.07, 6.45) is 4.59. The average Bonchev–Trinajstić information content (AvgIpc) is 2.61. The molecule has 136 valence electrons. The van der Waals surface area contributed by atoms with Gasteiger partial charge in [-0.2, -0.15) is 0 Å². The predicted octanol–water partition coefficient (Wildman–Crippen LogP) is 4.09. The van der Waals surface area contributed by atoms with Crippen LogP contribution in [0, 0.1) is 0 Å². The van der Waals surface area contributed by atoms with E-state index in [9.17, 15) is 4.79 Å². The van der Waals surface area contributed by atoms with Crippen LogP contribution >= 0.6 is 11.6 Å². The largest absolute Gasteiger partial charge is 0.497 e. The molecular formula is C21H22ClNO3. The van der Waals surface area contributed by atoms with Crippen LogP contribution in [0.4, 0.5) is 0 Å². The predicted molar refractivity (Wildman–Crippen MR) is 100 cm³/mol. The summed E-state index contributed by atoms with van der Waals surface area (Å²) in [5.74, 6) is 1.20. The molecule has 1 aromatic carbocycles. The van der Waals surface area contributed by atoms with Crippen molar-refractivity contribution in [3.63, 3.8) is 0 Å². The first kappa shape index (κ1) is 17.5. The number of Topliss-reactive ketones (excluding diaryl/α,β-unsaturated/α-hetero) is 1. The van der Waals surface area contributed by atoms with E-state index in [1.54, 1.807) is 20.4 Å². The summed E-state index contributed by atoms with van der Waals surface area (Å²) in [5.41, 5.74) is 2.74. The molecule has 1 spiro atoms. The molecule has 1 unspecified atom stereocenters. The van der Waals surface area contributed by atoms with Crippen LogP contribution in [-0.2, 0) is 21.4 Å². The van der Waals surface area contributed by atoms with Crippen LogP contribution in [0.25, 0.3) is 0 Å². The van der Waals surface area contributed by atoms with Crippen molar-refractivity contribution in [2.45, 2.75) is 43.1 Å². The molecule has 1 fully saturated rings. The SMILES string of the molecule is COc1ccc(CC2CC(=O)C3(CC(OC)C3)c3cc(Cl)cnc32)cc1. The zero-order valence-corrected chi connectivity index (χ0v) is 15.8. The van der Waals surface area contributed by atoms with Gasteiger partial charge in [0.25, 0.3) is 0 Å². The van der Waals surface area contributed by atoms with Crippen LogP contribution < -0.4 is 4.74 Å². The molecule has 26 heavy (non-hydrogen) atoms. The van der Waals surface area contributed by atoms with Gasteiger partial charge in [0, 0.05) is 31.3 Å². The number of carbonyl (C=O) groups is 1. The lowest BCUT2D eigenvalue weighted by Crippen LogP contribution is -2.54. The molecule has 2 aromatic rings. The van der Waals surface area contributed by atoms with E-state index < -0.39 is 5.41 Å². The van der Waals surface area contributed by atoms with Gasteiger partial charge in [-0.3, -0.25) is 9.78 Å². The highest BCUT2D eigenvalue weighted by Gasteiger charge is 2.55. The maximum Gasteiger partial charge on any atom is 0.144 e. The zero-order chi connectivity index (χ0) is 18.3. The normalized spacial score (nSPS) is 27.1. The lowest BCUT2D eigenvalue weighted by Gasteiger charge is -2.50. The molecule has 2 aliphatic rings. The van der Waals surface area contributed by atoms with Crippen molar-refractivity contribution in [1.29, 1.82) is 0 Å². The fourth-order valence-corrected chi connectivity index (χ4v) is 4.53. The van der Waals surface area contributed by atoms with E-state index in [0.29, 0.717) is 17.2 Å². The lowest BCUT2D eigenvalue weighted by atomic mass is 9.55. The number of benzene rings is 1. The maximum absolute atomic E-state index is 13.1. The van der Waals surface area contributed by atoms with Crippen molar-refractivity contribution in [2.75, 3.05) is 14.2 Å². The third-order valence-electron chi connectivity index (χ3n) is 5.88. The standard InChI is InChI=1S/C21H22ClNO3/c1-25-16-5-3-13(4-6-16)7-14-8-19(24)21(10-17(11-21)26-2)18-9-15(22)12-23-20(14)18/h3-6,9,12,14,17H,7-8,10-11H2,1-2H3. The van der Waals surface area contributed by atoms with Gasteiger partial charge >= 0.3 is 0 Å². The minimum atomic E-state index is -0.454. The number of carbonyl (C=O) groups excluding carboxylic acids is 1. The lowest BCUT2D eigenvalue weighted by molar-refractivity contribution is -0.136. The highest BCUT2D eigenvalue weighted by molar-refractivity contribution is 6.30. The first-order chi connectivity index (χ1) is 12.6. The zero-order valence-electron chi connectivity index (χ0n) is 15.0. The Hall–Kier alpha value is -1.91. The summed E-state index contributed by atoms with van der Waals surface area (Å²) >= 11 is 6.23. The van der Waals surface area contributed by atoms with E-state index >= 15 is 0 Å². The van der Waals surface area contributed by atoms with E-state index in [1.807, 2.05) is 30.3 Å². The Balaban J connectivity index is 1.67. The molecule has 0 saturated heterocycles. The second kappa shape index (κ2) is 6.67. The number of pyridine rings is 1. The van der Waals surface area contributed by atoms with Crippen molar-refractivity contribution in [3.8, 4) is 5.75 Å². The molecule has 0 N–H and O–H groups in total. The van der Waals surface area contributed by atoms with Crippen LogP contribution in [0.2, 0.25) is 5.02 Å². The van der Waals surface area contributed by atoms with Gasteiger partial charge in [0.15, 0.2) is 0 Å². The monoisotopic (exact) mass is 371 g/mol.